The molecule has 0 aliphatic carbocycles. The summed E-state index contributed by atoms with van der Waals surface area (Å²) < 4.78 is 5.44. The SMILES string of the molecule is CCOc1ccc(N2Cc3ccccc3C2=N)cc1. The third kappa shape index (κ3) is 2.08. The fourth-order valence-electron chi connectivity index (χ4n) is 2.39. The average Bonchev–Trinajstić information content (AvgIpc) is 2.78. The molecular formula is C16H16N2O. The molecule has 0 amide bonds. The van der Waals surface area contributed by atoms with Gasteiger partial charge in [0.1, 0.15) is 11.6 Å². The van der Waals surface area contributed by atoms with Crippen LogP contribution in [0.2, 0.25) is 0 Å². The van der Waals surface area contributed by atoms with Crippen LogP contribution >= 0.6 is 0 Å². The maximum absolute atomic E-state index is 8.25. The smallest absolute Gasteiger partial charge is 0.133 e. The molecule has 0 bridgehead atoms. The van der Waals surface area contributed by atoms with Crippen molar-refractivity contribution in [3.8, 4) is 5.75 Å². The summed E-state index contributed by atoms with van der Waals surface area (Å²) in [4.78, 5) is 2.01. The number of anilines is 1. The number of nitrogens with zero attached hydrogens (tertiary/aromatic N) is 1. The lowest BCUT2D eigenvalue weighted by Gasteiger charge is -2.18. The Hall–Kier alpha value is -2.29. The van der Waals surface area contributed by atoms with E-state index in [9.17, 15) is 0 Å². The van der Waals surface area contributed by atoms with Gasteiger partial charge in [-0.05, 0) is 36.8 Å². The zero-order valence-electron chi connectivity index (χ0n) is 10.9. The predicted molar refractivity (Wildman–Crippen MR) is 77.1 cm³/mol. The van der Waals surface area contributed by atoms with Gasteiger partial charge in [-0.3, -0.25) is 5.41 Å². The number of ether oxygens (including phenoxy) is 1. The number of nitrogens with one attached hydrogen (secondary N) is 1. The minimum atomic E-state index is 0.569. The molecule has 0 saturated heterocycles. The van der Waals surface area contributed by atoms with Crippen LogP contribution in [-0.4, -0.2) is 12.4 Å². The van der Waals surface area contributed by atoms with Crippen molar-refractivity contribution < 1.29 is 4.74 Å². The van der Waals surface area contributed by atoms with E-state index >= 15 is 0 Å². The van der Waals surface area contributed by atoms with Gasteiger partial charge in [0.15, 0.2) is 0 Å². The lowest BCUT2D eigenvalue weighted by atomic mass is 10.1. The third-order valence-electron chi connectivity index (χ3n) is 3.33. The first-order valence-electron chi connectivity index (χ1n) is 6.47. The number of benzene rings is 2. The third-order valence-corrected chi connectivity index (χ3v) is 3.33. The highest BCUT2D eigenvalue weighted by Gasteiger charge is 2.24. The first-order chi connectivity index (χ1) is 9.29. The Morgan fingerprint density at radius 2 is 1.84 bits per heavy atom. The van der Waals surface area contributed by atoms with E-state index in [2.05, 4.69) is 6.07 Å². The molecule has 1 N–H and O–H groups in total. The van der Waals surface area contributed by atoms with Crippen LogP contribution in [0, 0.1) is 5.41 Å². The maximum Gasteiger partial charge on any atom is 0.133 e. The lowest BCUT2D eigenvalue weighted by molar-refractivity contribution is 0.340. The molecule has 2 aromatic rings. The van der Waals surface area contributed by atoms with Crippen LogP contribution in [0.5, 0.6) is 5.75 Å². The Bertz CT molecular complexity index is 604. The van der Waals surface area contributed by atoms with Gasteiger partial charge in [0.25, 0.3) is 0 Å². The molecule has 96 valence electrons. The summed E-state index contributed by atoms with van der Waals surface area (Å²) in [6, 6.07) is 16.0. The van der Waals surface area contributed by atoms with E-state index in [1.165, 1.54) is 5.56 Å². The van der Waals surface area contributed by atoms with Crippen molar-refractivity contribution in [2.75, 3.05) is 11.5 Å². The first kappa shape index (κ1) is 11.8. The highest BCUT2D eigenvalue weighted by molar-refractivity contribution is 6.11. The van der Waals surface area contributed by atoms with E-state index in [0.717, 1.165) is 23.5 Å². The largest absolute Gasteiger partial charge is 0.494 e. The lowest BCUT2D eigenvalue weighted by Crippen LogP contribution is -2.22. The second-order valence-corrected chi connectivity index (χ2v) is 4.52. The Kier molecular flexibility index (Phi) is 2.95. The summed E-state index contributed by atoms with van der Waals surface area (Å²) in [6.45, 7) is 3.41. The van der Waals surface area contributed by atoms with Crippen molar-refractivity contribution >= 4 is 11.5 Å². The van der Waals surface area contributed by atoms with Gasteiger partial charge in [-0.2, -0.15) is 0 Å². The van der Waals surface area contributed by atoms with Crippen LogP contribution in [0.25, 0.3) is 0 Å². The summed E-state index contributed by atoms with van der Waals surface area (Å²) in [5.74, 6) is 1.44. The molecule has 0 aromatic heterocycles. The number of hydrogen-bond acceptors (Lipinski definition) is 2. The molecule has 19 heavy (non-hydrogen) atoms. The molecule has 3 heteroatoms. The number of fused-ring (bicyclic) bond motifs is 1. The Morgan fingerprint density at radius 3 is 2.53 bits per heavy atom. The minimum absolute atomic E-state index is 0.569. The average molecular weight is 252 g/mol. The summed E-state index contributed by atoms with van der Waals surface area (Å²) in [7, 11) is 0. The van der Waals surface area contributed by atoms with Crippen LogP contribution in [0.4, 0.5) is 5.69 Å². The van der Waals surface area contributed by atoms with Crippen molar-refractivity contribution in [2.24, 2.45) is 0 Å². The molecule has 0 unspecified atom stereocenters. The number of hydrogen-bond donors (Lipinski definition) is 1. The Balaban J connectivity index is 1.87. The second-order valence-electron chi connectivity index (χ2n) is 4.52. The van der Waals surface area contributed by atoms with E-state index in [4.69, 9.17) is 10.1 Å². The van der Waals surface area contributed by atoms with E-state index in [1.54, 1.807) is 0 Å². The van der Waals surface area contributed by atoms with Gasteiger partial charge in [0.05, 0.1) is 13.2 Å². The van der Waals surface area contributed by atoms with Crippen LogP contribution < -0.4 is 9.64 Å². The second kappa shape index (κ2) is 4.76. The number of rotatable bonds is 3. The molecule has 1 aliphatic heterocycles. The molecule has 1 heterocycles. The fourth-order valence-corrected chi connectivity index (χ4v) is 2.39. The molecule has 0 atom stereocenters. The summed E-state index contributed by atoms with van der Waals surface area (Å²) in [6.07, 6.45) is 0. The van der Waals surface area contributed by atoms with Crippen molar-refractivity contribution in [1.82, 2.24) is 0 Å². The van der Waals surface area contributed by atoms with Crippen molar-refractivity contribution in [1.29, 1.82) is 5.41 Å². The van der Waals surface area contributed by atoms with Crippen molar-refractivity contribution in [3.05, 3.63) is 59.7 Å². The molecule has 0 saturated carbocycles. The minimum Gasteiger partial charge on any atom is -0.494 e. The fraction of sp³-hybridized carbons (Fsp3) is 0.188. The van der Waals surface area contributed by atoms with E-state index in [0.29, 0.717) is 12.4 Å². The summed E-state index contributed by atoms with van der Waals surface area (Å²) >= 11 is 0. The van der Waals surface area contributed by atoms with Crippen LogP contribution in [-0.2, 0) is 6.54 Å². The zero-order chi connectivity index (χ0) is 13.2. The Morgan fingerprint density at radius 1 is 1.11 bits per heavy atom. The van der Waals surface area contributed by atoms with Gasteiger partial charge in [-0.1, -0.05) is 24.3 Å². The standard InChI is InChI=1S/C16H16N2O/c1-2-19-14-9-7-13(8-10-14)18-11-12-5-3-4-6-15(12)16(18)17/h3-10,17H,2,11H2,1H3. The van der Waals surface area contributed by atoms with E-state index in [-0.39, 0.29) is 0 Å². The molecule has 0 spiro atoms. The molecule has 3 nitrogen and oxygen atoms in total. The van der Waals surface area contributed by atoms with Gasteiger partial charge in [-0.25, -0.2) is 0 Å². The molecule has 0 fully saturated rings. The van der Waals surface area contributed by atoms with Gasteiger partial charge in [0, 0.05) is 11.3 Å². The van der Waals surface area contributed by atoms with E-state index < -0.39 is 0 Å². The molecule has 0 radical (unpaired) electrons. The number of amidine groups is 1. The molecular weight excluding hydrogens is 236 g/mol. The molecule has 2 aromatic carbocycles. The summed E-state index contributed by atoms with van der Waals surface area (Å²) in [5.41, 5.74) is 3.27. The maximum atomic E-state index is 8.25. The Labute approximate surface area is 113 Å². The zero-order valence-corrected chi connectivity index (χ0v) is 10.9. The first-order valence-corrected chi connectivity index (χ1v) is 6.47. The topological polar surface area (TPSA) is 36.3 Å². The summed E-state index contributed by atoms with van der Waals surface area (Å²) in [5, 5.41) is 8.25. The quantitative estimate of drug-likeness (QED) is 0.908. The van der Waals surface area contributed by atoms with Gasteiger partial charge in [0.2, 0.25) is 0 Å². The highest BCUT2D eigenvalue weighted by atomic mass is 16.5. The van der Waals surface area contributed by atoms with Crippen molar-refractivity contribution in [3.63, 3.8) is 0 Å². The monoisotopic (exact) mass is 252 g/mol. The van der Waals surface area contributed by atoms with Crippen LogP contribution in [0.3, 0.4) is 0 Å². The van der Waals surface area contributed by atoms with Gasteiger partial charge >= 0.3 is 0 Å². The van der Waals surface area contributed by atoms with E-state index in [1.807, 2.05) is 54.3 Å². The van der Waals surface area contributed by atoms with Gasteiger partial charge < -0.3 is 9.64 Å². The predicted octanol–water partition coefficient (Wildman–Crippen LogP) is 3.43. The highest BCUT2D eigenvalue weighted by Crippen LogP contribution is 2.29. The van der Waals surface area contributed by atoms with Crippen LogP contribution in [0.15, 0.2) is 48.5 Å². The van der Waals surface area contributed by atoms with Gasteiger partial charge in [-0.15, -0.1) is 0 Å². The van der Waals surface area contributed by atoms with Crippen molar-refractivity contribution in [2.45, 2.75) is 13.5 Å². The molecule has 1 aliphatic rings. The molecule has 3 rings (SSSR count). The van der Waals surface area contributed by atoms with Crippen LogP contribution in [0.1, 0.15) is 18.1 Å². The normalized spacial score (nSPS) is 13.5.